The zero-order valence-electron chi connectivity index (χ0n) is 35.5. The topological polar surface area (TPSA) is 110 Å². The Hall–Kier alpha value is -0.950. The van der Waals surface area contributed by atoms with Gasteiger partial charge in [-0.1, -0.05) is 231 Å². The molecule has 0 aromatic carbocycles. The van der Waals surface area contributed by atoms with Crippen molar-refractivity contribution in [2.45, 2.75) is 276 Å². The molecule has 0 saturated carbocycles. The minimum Gasteiger partial charge on any atom is -0.394 e. The monoisotopic (exact) mass is 752 g/mol. The first kappa shape index (κ1) is 52.0. The Labute approximate surface area is 330 Å². The van der Waals surface area contributed by atoms with E-state index in [1.807, 2.05) is 0 Å². The lowest BCUT2D eigenvalue weighted by atomic mass is 10.00. The molecule has 5 N–H and O–H groups in total. The molecule has 6 heteroatoms. The maximum atomic E-state index is 12.4. The molecular formula is C47H93NO5. The first-order chi connectivity index (χ1) is 26.0. The summed E-state index contributed by atoms with van der Waals surface area (Å²) in [6.07, 6.45) is 47.5. The van der Waals surface area contributed by atoms with Crippen LogP contribution in [0.2, 0.25) is 0 Å². The summed E-state index contributed by atoms with van der Waals surface area (Å²) < 4.78 is 0. The van der Waals surface area contributed by atoms with E-state index in [0.717, 1.165) is 38.5 Å². The summed E-state index contributed by atoms with van der Waals surface area (Å²) in [5, 5.41) is 43.2. The number of carbonyl (C=O) groups is 1. The Morgan fingerprint density at radius 3 is 1.13 bits per heavy atom. The predicted molar refractivity (Wildman–Crippen MR) is 228 cm³/mol. The first-order valence-electron chi connectivity index (χ1n) is 23.6. The van der Waals surface area contributed by atoms with E-state index in [0.29, 0.717) is 19.3 Å². The number of allylic oxidation sites excluding steroid dienone is 2. The van der Waals surface area contributed by atoms with Crippen molar-refractivity contribution in [3.63, 3.8) is 0 Å². The first-order valence-corrected chi connectivity index (χ1v) is 23.6. The van der Waals surface area contributed by atoms with Crippen LogP contribution in [-0.2, 0) is 4.79 Å². The lowest BCUT2D eigenvalue weighted by Gasteiger charge is -2.27. The van der Waals surface area contributed by atoms with Crippen LogP contribution < -0.4 is 5.32 Å². The summed E-state index contributed by atoms with van der Waals surface area (Å²) in [4.78, 5) is 12.4. The molecule has 0 rings (SSSR count). The highest BCUT2D eigenvalue weighted by molar-refractivity contribution is 5.80. The average Bonchev–Trinajstić information content (AvgIpc) is 3.16. The number of carbonyl (C=O) groups excluding carboxylic acids is 1. The van der Waals surface area contributed by atoms with Gasteiger partial charge in [-0.15, -0.1) is 0 Å². The van der Waals surface area contributed by atoms with Gasteiger partial charge in [-0.05, 0) is 32.1 Å². The molecule has 0 aromatic heterocycles. The predicted octanol–water partition coefficient (Wildman–Crippen LogP) is 12.6. The van der Waals surface area contributed by atoms with Gasteiger partial charge in [0.05, 0.1) is 18.8 Å². The summed E-state index contributed by atoms with van der Waals surface area (Å²) in [5.41, 5.74) is 0. The smallest absolute Gasteiger partial charge is 0.249 e. The van der Waals surface area contributed by atoms with Gasteiger partial charge < -0.3 is 25.7 Å². The lowest BCUT2D eigenvalue weighted by Crippen LogP contribution is -2.53. The Balaban J connectivity index is 3.46. The number of unbranched alkanes of at least 4 members (excludes halogenated alkanes) is 32. The molecule has 53 heavy (non-hydrogen) atoms. The maximum absolute atomic E-state index is 12.4. The highest BCUT2D eigenvalue weighted by Crippen LogP contribution is 2.17. The zero-order valence-corrected chi connectivity index (χ0v) is 35.5. The van der Waals surface area contributed by atoms with Gasteiger partial charge in [0.2, 0.25) is 5.91 Å². The number of aliphatic hydroxyl groups excluding tert-OH is 4. The average molecular weight is 752 g/mol. The van der Waals surface area contributed by atoms with Crippen molar-refractivity contribution in [2.24, 2.45) is 0 Å². The van der Waals surface area contributed by atoms with Crippen LogP contribution in [0.25, 0.3) is 0 Å². The van der Waals surface area contributed by atoms with E-state index in [1.165, 1.54) is 180 Å². The van der Waals surface area contributed by atoms with Crippen molar-refractivity contribution >= 4 is 5.91 Å². The van der Waals surface area contributed by atoms with E-state index in [2.05, 4.69) is 31.3 Å². The molecule has 0 fully saturated rings. The molecule has 6 nitrogen and oxygen atoms in total. The fraction of sp³-hybridized carbons (Fsp3) is 0.936. The Morgan fingerprint density at radius 2 is 0.792 bits per heavy atom. The summed E-state index contributed by atoms with van der Waals surface area (Å²) in [6.45, 7) is 3.92. The van der Waals surface area contributed by atoms with Crippen molar-refractivity contribution in [1.29, 1.82) is 0 Å². The van der Waals surface area contributed by atoms with Gasteiger partial charge >= 0.3 is 0 Å². The normalized spacial score (nSPS) is 14.2. The molecule has 0 aromatic rings. The summed E-state index contributed by atoms with van der Waals surface area (Å²) >= 11 is 0. The van der Waals surface area contributed by atoms with Crippen molar-refractivity contribution < 1.29 is 25.2 Å². The van der Waals surface area contributed by atoms with Gasteiger partial charge in [0.25, 0.3) is 0 Å². The second kappa shape index (κ2) is 42.2. The summed E-state index contributed by atoms with van der Waals surface area (Å²) in [7, 11) is 0. The Bertz CT molecular complexity index is 761. The lowest BCUT2D eigenvalue weighted by molar-refractivity contribution is -0.132. The molecule has 0 aliphatic rings. The minimum absolute atomic E-state index is 0.367. The van der Waals surface area contributed by atoms with Crippen LogP contribution >= 0.6 is 0 Å². The van der Waals surface area contributed by atoms with Crippen molar-refractivity contribution in [3.8, 4) is 0 Å². The van der Waals surface area contributed by atoms with Gasteiger partial charge in [-0.3, -0.25) is 4.79 Å². The SMILES string of the molecule is CCC/C=C/CCCC(O)C(O)C(CO)NC(=O)C(O)CCCCCCCCCCCCCCCCCCCCCCCCCCCCCCCCC. The molecule has 1 amide bonds. The Kier molecular flexibility index (Phi) is 41.4. The second-order valence-corrected chi connectivity index (χ2v) is 16.5. The van der Waals surface area contributed by atoms with Gasteiger partial charge in [0.15, 0.2) is 0 Å². The van der Waals surface area contributed by atoms with Crippen LogP contribution in [0.4, 0.5) is 0 Å². The second-order valence-electron chi connectivity index (χ2n) is 16.5. The maximum Gasteiger partial charge on any atom is 0.249 e. The highest BCUT2D eigenvalue weighted by Gasteiger charge is 2.28. The molecule has 0 spiro atoms. The van der Waals surface area contributed by atoms with Crippen LogP contribution in [0.15, 0.2) is 12.2 Å². The van der Waals surface area contributed by atoms with Crippen molar-refractivity contribution in [3.05, 3.63) is 12.2 Å². The van der Waals surface area contributed by atoms with Gasteiger partial charge in [0.1, 0.15) is 12.2 Å². The Morgan fingerprint density at radius 1 is 0.453 bits per heavy atom. The van der Waals surface area contributed by atoms with E-state index >= 15 is 0 Å². The zero-order chi connectivity index (χ0) is 38.9. The van der Waals surface area contributed by atoms with E-state index < -0.39 is 36.9 Å². The number of aliphatic hydroxyl groups is 4. The van der Waals surface area contributed by atoms with Crippen LogP contribution in [-0.4, -0.2) is 57.3 Å². The molecule has 0 aliphatic carbocycles. The van der Waals surface area contributed by atoms with Gasteiger partial charge in [-0.25, -0.2) is 0 Å². The van der Waals surface area contributed by atoms with Crippen LogP contribution in [0.5, 0.6) is 0 Å². The third-order valence-corrected chi connectivity index (χ3v) is 11.2. The molecule has 0 saturated heterocycles. The molecule has 0 bridgehead atoms. The van der Waals surface area contributed by atoms with Gasteiger partial charge in [-0.2, -0.15) is 0 Å². The molecule has 4 atom stereocenters. The minimum atomic E-state index is -1.27. The molecule has 316 valence electrons. The van der Waals surface area contributed by atoms with Gasteiger partial charge in [0, 0.05) is 0 Å². The number of hydrogen-bond donors (Lipinski definition) is 5. The van der Waals surface area contributed by atoms with Crippen LogP contribution in [0.1, 0.15) is 251 Å². The molecule has 0 heterocycles. The van der Waals surface area contributed by atoms with E-state index in [-0.39, 0.29) is 0 Å². The number of nitrogens with one attached hydrogen (secondary N) is 1. The molecule has 0 radical (unpaired) electrons. The molecular weight excluding hydrogens is 659 g/mol. The fourth-order valence-corrected chi connectivity index (χ4v) is 7.47. The van der Waals surface area contributed by atoms with E-state index in [4.69, 9.17) is 0 Å². The largest absolute Gasteiger partial charge is 0.394 e. The van der Waals surface area contributed by atoms with E-state index in [9.17, 15) is 25.2 Å². The summed E-state index contributed by atoms with van der Waals surface area (Å²) in [6, 6.07) is -0.994. The fourth-order valence-electron chi connectivity index (χ4n) is 7.47. The quantitative estimate of drug-likeness (QED) is 0.0315. The summed E-state index contributed by atoms with van der Waals surface area (Å²) in [5.74, 6) is -0.594. The van der Waals surface area contributed by atoms with Crippen LogP contribution in [0.3, 0.4) is 0 Å². The van der Waals surface area contributed by atoms with E-state index in [1.54, 1.807) is 0 Å². The highest BCUT2D eigenvalue weighted by atomic mass is 16.3. The van der Waals surface area contributed by atoms with Crippen LogP contribution in [0, 0.1) is 0 Å². The standard InChI is InChI=1S/C47H93NO5/c1-3-5-7-9-11-12-13-14-15-16-17-18-19-20-21-22-23-24-25-26-27-28-29-30-31-32-33-34-35-37-39-41-45(51)47(53)48-43(42-49)46(52)44(50)40-38-36-10-8-6-4-2/h8,10,43-46,49-52H,3-7,9,11-42H2,1-2H3,(H,48,53)/b10-8+. The number of rotatable bonds is 43. The molecule has 4 unspecified atom stereocenters. The third-order valence-electron chi connectivity index (χ3n) is 11.2. The van der Waals surface area contributed by atoms with Crippen molar-refractivity contribution in [1.82, 2.24) is 5.32 Å². The number of hydrogen-bond acceptors (Lipinski definition) is 5. The third kappa shape index (κ3) is 36.4. The van der Waals surface area contributed by atoms with Crippen molar-refractivity contribution in [2.75, 3.05) is 6.61 Å². The number of amides is 1. The molecule has 0 aliphatic heterocycles.